The summed E-state index contributed by atoms with van der Waals surface area (Å²) in [6.07, 6.45) is 2.95. The van der Waals surface area contributed by atoms with Crippen molar-refractivity contribution in [3.63, 3.8) is 0 Å². The van der Waals surface area contributed by atoms with Gasteiger partial charge in [0.05, 0.1) is 0 Å². The quantitative estimate of drug-likeness (QED) is 0.520. The van der Waals surface area contributed by atoms with Crippen LogP contribution < -0.4 is 11.4 Å². The van der Waals surface area contributed by atoms with Crippen LogP contribution in [0.15, 0.2) is 27.4 Å². The maximum Gasteiger partial charge on any atom is 0.343 e. The molecule has 2 aromatic heterocycles. The molecule has 2 rings (SSSR count). The summed E-state index contributed by atoms with van der Waals surface area (Å²) >= 11 is 1.14. The van der Waals surface area contributed by atoms with E-state index in [0.717, 1.165) is 11.8 Å². The van der Waals surface area contributed by atoms with Gasteiger partial charge < -0.3 is 5.73 Å². The molecular formula is C9H11N7OS. The number of nitrogen functional groups attached to an aromatic ring is 1. The zero-order chi connectivity index (χ0) is 13.1. The van der Waals surface area contributed by atoms with Crippen molar-refractivity contribution in [2.75, 3.05) is 0 Å². The van der Waals surface area contributed by atoms with Crippen LogP contribution in [0, 0.1) is 5.41 Å². The number of H-pyrrole nitrogens is 1. The van der Waals surface area contributed by atoms with E-state index in [9.17, 15) is 4.79 Å². The summed E-state index contributed by atoms with van der Waals surface area (Å²) in [6, 6.07) is 0. The molecule has 8 nitrogen and oxygen atoms in total. The van der Waals surface area contributed by atoms with Gasteiger partial charge in [0.2, 0.25) is 0 Å². The van der Waals surface area contributed by atoms with Crippen molar-refractivity contribution in [1.82, 2.24) is 24.7 Å². The Morgan fingerprint density at radius 2 is 2.28 bits per heavy atom. The van der Waals surface area contributed by atoms with Gasteiger partial charge in [-0.05, 0) is 18.7 Å². The van der Waals surface area contributed by atoms with Crippen LogP contribution in [0.3, 0.4) is 0 Å². The molecule has 0 saturated heterocycles. The molecule has 94 valence electrons. The molecule has 0 aliphatic heterocycles. The highest BCUT2D eigenvalue weighted by atomic mass is 32.2. The number of nitrogens with two attached hydrogens (primary N) is 1. The van der Waals surface area contributed by atoms with E-state index < -0.39 is 0 Å². The fraction of sp³-hybridized carbons (Fsp3) is 0.222. The molecule has 0 atom stereocenters. The Labute approximate surface area is 106 Å². The van der Waals surface area contributed by atoms with Gasteiger partial charge >= 0.3 is 5.69 Å². The molecule has 0 fully saturated rings. The van der Waals surface area contributed by atoms with Crippen LogP contribution >= 0.6 is 11.8 Å². The topological polar surface area (TPSA) is 126 Å². The van der Waals surface area contributed by atoms with E-state index in [-0.39, 0.29) is 17.2 Å². The second-order valence-electron chi connectivity index (χ2n) is 3.28. The Hall–Kier alpha value is -2.16. The van der Waals surface area contributed by atoms with Crippen molar-refractivity contribution >= 4 is 17.6 Å². The van der Waals surface area contributed by atoms with Crippen molar-refractivity contribution < 1.29 is 0 Å². The van der Waals surface area contributed by atoms with Gasteiger partial charge in [0, 0.05) is 18.9 Å². The highest BCUT2D eigenvalue weighted by molar-refractivity contribution is 7.99. The number of aromatic amines is 1. The Bertz CT molecular complexity index is 632. The monoisotopic (exact) mass is 265 g/mol. The first-order valence-corrected chi connectivity index (χ1v) is 5.93. The highest BCUT2D eigenvalue weighted by Gasteiger charge is 2.14. The molecule has 4 N–H and O–H groups in total. The fourth-order valence-electron chi connectivity index (χ4n) is 1.33. The molecule has 0 aliphatic carbocycles. The lowest BCUT2D eigenvalue weighted by molar-refractivity contribution is 0.660. The lowest BCUT2D eigenvalue weighted by atomic mass is 10.4. The minimum atomic E-state index is -0.284. The summed E-state index contributed by atoms with van der Waals surface area (Å²) in [4.78, 5) is 19.5. The third-order valence-electron chi connectivity index (χ3n) is 2.15. The van der Waals surface area contributed by atoms with E-state index in [1.165, 1.54) is 17.0 Å². The van der Waals surface area contributed by atoms with Crippen molar-refractivity contribution in [3.8, 4) is 0 Å². The number of hydrogen-bond donors (Lipinski definition) is 3. The Kier molecular flexibility index (Phi) is 3.42. The minimum Gasteiger partial charge on any atom is -0.382 e. The predicted molar refractivity (Wildman–Crippen MR) is 65.7 cm³/mol. The van der Waals surface area contributed by atoms with Gasteiger partial charge in [-0.25, -0.2) is 19.9 Å². The second-order valence-corrected chi connectivity index (χ2v) is 4.24. The molecule has 0 unspecified atom stereocenters. The van der Waals surface area contributed by atoms with E-state index in [1.54, 1.807) is 0 Å². The van der Waals surface area contributed by atoms with Crippen LogP contribution in [-0.4, -0.2) is 30.6 Å². The normalized spacial score (nSPS) is 10.5. The van der Waals surface area contributed by atoms with E-state index >= 15 is 0 Å². The van der Waals surface area contributed by atoms with E-state index in [4.69, 9.17) is 11.1 Å². The van der Waals surface area contributed by atoms with Crippen molar-refractivity contribution in [2.45, 2.75) is 23.7 Å². The molecule has 0 aliphatic rings. The van der Waals surface area contributed by atoms with Crippen LogP contribution in [0.5, 0.6) is 0 Å². The zero-order valence-corrected chi connectivity index (χ0v) is 10.4. The molecule has 0 bridgehead atoms. The fourth-order valence-corrected chi connectivity index (χ4v) is 2.29. The molecule has 0 spiro atoms. The standard InChI is InChI=1S/C9H11N7OS/c1-2-16-8(17)14-15-9(16)18-7-5(6(10)11)12-3-4-13-7/h3-4H,2H2,1H3,(H3,10,11)(H,14,17). The number of hydrogen-bond acceptors (Lipinski definition) is 6. The van der Waals surface area contributed by atoms with Crippen LogP contribution in [-0.2, 0) is 6.54 Å². The SMILES string of the molecule is CCn1c(Sc2nccnc2C(=N)N)n[nH]c1=O. The molecule has 0 amide bonds. The molecule has 18 heavy (non-hydrogen) atoms. The first-order valence-electron chi connectivity index (χ1n) is 5.12. The first kappa shape index (κ1) is 12.3. The second kappa shape index (κ2) is 5.00. The van der Waals surface area contributed by atoms with E-state index in [2.05, 4.69) is 20.2 Å². The number of nitrogens with one attached hydrogen (secondary N) is 2. The van der Waals surface area contributed by atoms with Crippen molar-refractivity contribution in [1.29, 1.82) is 5.41 Å². The van der Waals surface area contributed by atoms with Gasteiger partial charge in [0.25, 0.3) is 0 Å². The zero-order valence-electron chi connectivity index (χ0n) is 9.54. The Morgan fingerprint density at radius 1 is 1.56 bits per heavy atom. The van der Waals surface area contributed by atoms with Crippen LogP contribution in [0.2, 0.25) is 0 Å². The number of amidine groups is 1. The number of rotatable bonds is 4. The maximum atomic E-state index is 11.4. The average molecular weight is 265 g/mol. The molecule has 9 heteroatoms. The average Bonchev–Trinajstić information content (AvgIpc) is 2.70. The van der Waals surface area contributed by atoms with Crippen LogP contribution in [0.25, 0.3) is 0 Å². The summed E-state index contributed by atoms with van der Waals surface area (Å²) in [7, 11) is 0. The molecule has 0 aromatic carbocycles. The van der Waals surface area contributed by atoms with Gasteiger partial charge in [-0.2, -0.15) is 0 Å². The summed E-state index contributed by atoms with van der Waals surface area (Å²) in [5.41, 5.74) is 5.41. The van der Waals surface area contributed by atoms with Gasteiger partial charge in [0.15, 0.2) is 5.16 Å². The van der Waals surface area contributed by atoms with Crippen LogP contribution in [0.4, 0.5) is 0 Å². The number of aromatic nitrogens is 5. The molecule has 2 heterocycles. The molecule has 2 aromatic rings. The van der Waals surface area contributed by atoms with Gasteiger partial charge in [0.1, 0.15) is 16.6 Å². The van der Waals surface area contributed by atoms with Gasteiger partial charge in [-0.1, -0.05) is 0 Å². The van der Waals surface area contributed by atoms with E-state index in [0.29, 0.717) is 16.7 Å². The number of nitrogens with zero attached hydrogens (tertiary/aromatic N) is 4. The lowest BCUT2D eigenvalue weighted by Crippen LogP contribution is -2.17. The van der Waals surface area contributed by atoms with Gasteiger partial charge in [-0.3, -0.25) is 9.98 Å². The molecular weight excluding hydrogens is 254 g/mol. The van der Waals surface area contributed by atoms with Crippen molar-refractivity contribution in [3.05, 3.63) is 28.6 Å². The lowest BCUT2D eigenvalue weighted by Gasteiger charge is -2.04. The third-order valence-corrected chi connectivity index (χ3v) is 3.13. The summed E-state index contributed by atoms with van der Waals surface area (Å²) in [5, 5.41) is 14.6. The Balaban J connectivity index is 2.40. The first-order chi connectivity index (χ1) is 8.63. The highest BCUT2D eigenvalue weighted by Crippen LogP contribution is 2.24. The summed E-state index contributed by atoms with van der Waals surface area (Å²) in [6.45, 7) is 2.33. The van der Waals surface area contributed by atoms with Crippen LogP contribution in [0.1, 0.15) is 12.6 Å². The maximum absolute atomic E-state index is 11.4. The summed E-state index contributed by atoms with van der Waals surface area (Å²) < 4.78 is 1.46. The minimum absolute atomic E-state index is 0.175. The molecule has 0 saturated carbocycles. The third kappa shape index (κ3) is 2.25. The van der Waals surface area contributed by atoms with Gasteiger partial charge in [-0.15, -0.1) is 5.10 Å². The predicted octanol–water partition coefficient (Wildman–Crippen LogP) is -0.183. The van der Waals surface area contributed by atoms with E-state index in [1.807, 2.05) is 6.92 Å². The largest absolute Gasteiger partial charge is 0.382 e. The van der Waals surface area contributed by atoms with Crippen molar-refractivity contribution in [2.24, 2.45) is 5.73 Å². The summed E-state index contributed by atoms with van der Waals surface area (Å²) in [5.74, 6) is -0.175. The smallest absolute Gasteiger partial charge is 0.343 e. The molecule has 0 radical (unpaired) electrons. The Morgan fingerprint density at radius 3 is 2.94 bits per heavy atom.